The van der Waals surface area contributed by atoms with Crippen molar-refractivity contribution in [3.63, 3.8) is 0 Å². The number of rotatable bonds is 5. The van der Waals surface area contributed by atoms with Crippen LogP contribution in [0.2, 0.25) is 0 Å². The summed E-state index contributed by atoms with van der Waals surface area (Å²) < 4.78 is 13.9. The molecule has 2 amide bonds. The monoisotopic (exact) mass is 412 g/mol. The molecule has 0 spiro atoms. The summed E-state index contributed by atoms with van der Waals surface area (Å²) >= 11 is 1.27. The van der Waals surface area contributed by atoms with Gasteiger partial charge in [0.2, 0.25) is 0 Å². The molecule has 3 N–H and O–H groups in total. The van der Waals surface area contributed by atoms with Gasteiger partial charge in [0.1, 0.15) is 5.82 Å². The summed E-state index contributed by atoms with van der Waals surface area (Å²) in [5, 5.41) is 5.77. The summed E-state index contributed by atoms with van der Waals surface area (Å²) in [4.78, 5) is 27.7. The third-order valence-corrected chi connectivity index (χ3v) is 6.30. The van der Waals surface area contributed by atoms with E-state index in [1.807, 2.05) is 6.07 Å². The van der Waals surface area contributed by atoms with Crippen molar-refractivity contribution in [1.29, 1.82) is 0 Å². The van der Waals surface area contributed by atoms with Gasteiger partial charge in [0.15, 0.2) is 0 Å². The summed E-state index contributed by atoms with van der Waals surface area (Å²) in [6.45, 7) is 3.94. The molecule has 7 heteroatoms. The lowest BCUT2D eigenvalue weighted by Gasteiger charge is -2.19. The van der Waals surface area contributed by atoms with Crippen LogP contribution in [0.1, 0.15) is 28.8 Å². The normalized spacial score (nSPS) is 17.8. The highest BCUT2D eigenvalue weighted by atomic mass is 32.2. The number of amides is 2. The highest BCUT2D eigenvalue weighted by Gasteiger charge is 2.23. The van der Waals surface area contributed by atoms with E-state index in [-0.39, 0.29) is 17.6 Å². The molecule has 0 bridgehead atoms. The number of quaternary nitrogens is 1. The number of fused-ring (bicyclic) bond motifs is 1. The number of hydrogen-bond acceptors (Lipinski definition) is 3. The van der Waals surface area contributed by atoms with E-state index in [1.54, 1.807) is 36.4 Å². The molecule has 150 valence electrons. The second-order valence-electron chi connectivity index (χ2n) is 7.26. The van der Waals surface area contributed by atoms with Crippen molar-refractivity contribution in [2.24, 2.45) is 0 Å². The minimum absolute atomic E-state index is 0.140. The van der Waals surface area contributed by atoms with Crippen molar-refractivity contribution in [3.05, 3.63) is 64.3 Å². The Kier molecular flexibility index (Phi) is 5.97. The first-order valence-corrected chi connectivity index (χ1v) is 10.6. The van der Waals surface area contributed by atoms with Gasteiger partial charge in [-0.3, -0.25) is 9.59 Å². The maximum atomic E-state index is 13.9. The quantitative estimate of drug-likeness (QED) is 0.661. The number of anilines is 1. The fourth-order valence-electron chi connectivity index (χ4n) is 3.61. The number of benzene rings is 2. The Morgan fingerprint density at radius 3 is 2.79 bits per heavy atom. The van der Waals surface area contributed by atoms with Crippen LogP contribution in [0.4, 0.5) is 10.1 Å². The Morgan fingerprint density at radius 2 is 2.00 bits per heavy atom. The van der Waals surface area contributed by atoms with Crippen molar-refractivity contribution < 1.29 is 18.9 Å². The molecule has 5 nitrogen and oxygen atoms in total. The predicted octanol–water partition coefficient (Wildman–Crippen LogP) is 2.32. The van der Waals surface area contributed by atoms with E-state index in [0.29, 0.717) is 28.3 Å². The number of hydrogen-bond donors (Lipinski definition) is 3. The third-order valence-electron chi connectivity index (χ3n) is 5.20. The Morgan fingerprint density at radius 1 is 1.21 bits per heavy atom. The van der Waals surface area contributed by atoms with Crippen LogP contribution in [0, 0.1) is 5.82 Å². The lowest BCUT2D eigenvalue weighted by molar-refractivity contribution is -0.886. The minimum Gasteiger partial charge on any atom is -0.346 e. The Bertz CT molecular complexity index is 970. The number of carbonyl (C=O) groups excluding carboxylic acids is 2. The molecular formula is C22H23FN3O2S+. The molecular weight excluding hydrogens is 389 g/mol. The molecule has 0 saturated carbocycles. The number of nitrogens with one attached hydrogen (secondary N) is 3. The maximum Gasteiger partial charge on any atom is 0.262 e. The van der Waals surface area contributed by atoms with Gasteiger partial charge in [0.25, 0.3) is 11.8 Å². The number of halogens is 1. The van der Waals surface area contributed by atoms with Gasteiger partial charge in [0, 0.05) is 28.9 Å². The van der Waals surface area contributed by atoms with E-state index >= 15 is 0 Å². The van der Waals surface area contributed by atoms with Gasteiger partial charge in [-0.2, -0.15) is 0 Å². The van der Waals surface area contributed by atoms with E-state index in [1.165, 1.54) is 48.7 Å². The second-order valence-corrected chi connectivity index (χ2v) is 8.34. The zero-order chi connectivity index (χ0) is 20.2. The molecule has 2 heterocycles. The Labute approximate surface area is 173 Å². The molecule has 0 aliphatic carbocycles. The van der Waals surface area contributed by atoms with Gasteiger partial charge in [0.05, 0.1) is 36.8 Å². The predicted molar refractivity (Wildman–Crippen MR) is 112 cm³/mol. The van der Waals surface area contributed by atoms with Crippen molar-refractivity contribution in [2.45, 2.75) is 17.7 Å². The van der Waals surface area contributed by atoms with E-state index in [4.69, 9.17) is 0 Å². The van der Waals surface area contributed by atoms with Crippen LogP contribution in [0.5, 0.6) is 0 Å². The molecule has 0 atom stereocenters. The summed E-state index contributed by atoms with van der Waals surface area (Å²) in [7, 11) is 0. The first-order valence-electron chi connectivity index (χ1n) is 9.81. The van der Waals surface area contributed by atoms with Gasteiger partial charge in [-0.25, -0.2) is 4.39 Å². The van der Waals surface area contributed by atoms with E-state index in [2.05, 4.69) is 10.6 Å². The molecule has 0 aromatic heterocycles. The first kappa shape index (κ1) is 19.7. The Balaban J connectivity index is 1.43. The van der Waals surface area contributed by atoms with Crippen molar-refractivity contribution in [3.8, 4) is 0 Å². The Hall–Kier alpha value is -2.64. The van der Waals surface area contributed by atoms with Crippen LogP contribution in [0.15, 0.2) is 52.3 Å². The molecule has 4 rings (SSSR count). The average Bonchev–Trinajstić information content (AvgIpc) is 3.23. The van der Waals surface area contributed by atoms with Crippen molar-refractivity contribution in [1.82, 2.24) is 5.32 Å². The molecule has 1 saturated heterocycles. The van der Waals surface area contributed by atoms with Crippen LogP contribution in [0.25, 0.3) is 6.08 Å². The largest absolute Gasteiger partial charge is 0.346 e. The van der Waals surface area contributed by atoms with Crippen LogP contribution >= 0.6 is 11.8 Å². The minimum atomic E-state index is -0.373. The van der Waals surface area contributed by atoms with Gasteiger partial charge in [-0.05, 0) is 30.3 Å². The van der Waals surface area contributed by atoms with Crippen molar-refractivity contribution >= 4 is 35.3 Å². The lowest BCUT2D eigenvalue weighted by Crippen LogP contribution is -3.10. The number of likely N-dealkylation sites (tertiary alicyclic amines) is 1. The molecule has 1 fully saturated rings. The van der Waals surface area contributed by atoms with Crippen molar-refractivity contribution in [2.75, 3.05) is 31.5 Å². The summed E-state index contributed by atoms with van der Waals surface area (Å²) in [5.74, 6) is -0.818. The topological polar surface area (TPSA) is 62.6 Å². The zero-order valence-corrected chi connectivity index (χ0v) is 16.8. The summed E-state index contributed by atoms with van der Waals surface area (Å²) in [6, 6.07) is 11.6. The van der Waals surface area contributed by atoms with E-state index in [0.717, 1.165) is 11.4 Å². The highest BCUT2D eigenvalue weighted by molar-refractivity contribution is 8.04. The highest BCUT2D eigenvalue weighted by Crippen LogP contribution is 2.39. The number of thioether (sulfide) groups is 1. The molecule has 0 radical (unpaired) electrons. The lowest BCUT2D eigenvalue weighted by atomic mass is 10.1. The third kappa shape index (κ3) is 4.68. The maximum absolute atomic E-state index is 13.9. The smallest absolute Gasteiger partial charge is 0.262 e. The molecule has 29 heavy (non-hydrogen) atoms. The summed E-state index contributed by atoms with van der Waals surface area (Å²) in [5.41, 5.74) is 1.48. The fourth-order valence-corrected chi connectivity index (χ4v) is 4.54. The van der Waals surface area contributed by atoms with Crippen LogP contribution in [-0.4, -0.2) is 38.0 Å². The average molecular weight is 413 g/mol. The van der Waals surface area contributed by atoms with E-state index < -0.39 is 0 Å². The van der Waals surface area contributed by atoms with Gasteiger partial charge in [-0.15, -0.1) is 0 Å². The van der Waals surface area contributed by atoms with Crippen LogP contribution < -0.4 is 15.5 Å². The molecule has 2 aromatic rings. The first-order chi connectivity index (χ1) is 14.1. The van der Waals surface area contributed by atoms with Crippen LogP contribution in [0.3, 0.4) is 0 Å². The molecule has 2 aliphatic heterocycles. The van der Waals surface area contributed by atoms with E-state index in [9.17, 15) is 14.0 Å². The SMILES string of the molecule is O=C1Nc2cc(C(=O)NCC[NH+]3CCCC3)ccc2SC1=Cc1ccccc1F. The molecule has 2 aromatic carbocycles. The molecule has 2 aliphatic rings. The summed E-state index contributed by atoms with van der Waals surface area (Å²) in [6.07, 6.45) is 4.07. The number of carbonyl (C=O) groups is 2. The fraction of sp³-hybridized carbons (Fsp3) is 0.273. The standard InChI is InChI=1S/C22H22FN3O2S/c23-17-6-2-1-5-15(17)14-20-22(28)25-18-13-16(7-8-19(18)29-20)21(27)24-9-12-26-10-3-4-11-26/h1-2,5-8,13-14H,3-4,9-12H2,(H,24,27)(H,25,28)/p+1. The van der Waals surface area contributed by atoms with Gasteiger partial charge in [-0.1, -0.05) is 30.0 Å². The molecule has 0 unspecified atom stereocenters. The second kappa shape index (κ2) is 8.80. The van der Waals surface area contributed by atoms with Crippen LogP contribution in [-0.2, 0) is 4.79 Å². The zero-order valence-electron chi connectivity index (χ0n) is 16.0. The van der Waals surface area contributed by atoms with Gasteiger partial charge < -0.3 is 15.5 Å². The van der Waals surface area contributed by atoms with Gasteiger partial charge >= 0.3 is 0 Å².